The summed E-state index contributed by atoms with van der Waals surface area (Å²) in [5.41, 5.74) is -2.10. The lowest BCUT2D eigenvalue weighted by Gasteiger charge is -2.31. The van der Waals surface area contributed by atoms with Crippen molar-refractivity contribution in [2.45, 2.75) is 50.7 Å². The molecule has 1 atom stereocenters. The Balaban J connectivity index is 2.21. The van der Waals surface area contributed by atoms with Gasteiger partial charge in [0, 0.05) is 6.04 Å². The van der Waals surface area contributed by atoms with Gasteiger partial charge in [-0.05, 0) is 31.9 Å². The second kappa shape index (κ2) is 9.03. The number of nitrogens with one attached hydrogen (secondary N) is 1. The lowest BCUT2D eigenvalue weighted by atomic mass is 9.94. The molecule has 2 rings (SSSR count). The van der Waals surface area contributed by atoms with Gasteiger partial charge in [0.25, 0.3) is 11.5 Å². The molecule has 1 aliphatic rings. The molecular formula is C17H22BrNO6. The molecule has 0 bridgehead atoms. The van der Waals surface area contributed by atoms with Gasteiger partial charge in [-0.25, -0.2) is 9.59 Å². The molecule has 1 amide bonds. The largest absolute Gasteiger partial charge is 0.463 e. The first kappa shape index (κ1) is 19.5. The highest BCUT2D eigenvalue weighted by Crippen LogP contribution is 2.23. The fourth-order valence-electron chi connectivity index (χ4n) is 2.72. The number of furan rings is 1. The Morgan fingerprint density at radius 3 is 2.60 bits per heavy atom. The Kier molecular flexibility index (Phi) is 7.04. The minimum Gasteiger partial charge on any atom is -0.463 e. The Labute approximate surface area is 154 Å². The number of halogens is 1. The van der Waals surface area contributed by atoms with Gasteiger partial charge in [0.1, 0.15) is 0 Å². The van der Waals surface area contributed by atoms with E-state index in [1.54, 1.807) is 6.92 Å². The molecule has 138 valence electrons. The van der Waals surface area contributed by atoms with Crippen molar-refractivity contribution in [2.75, 3.05) is 11.9 Å². The number of carbonyl (C=O) groups excluding carboxylic acids is 3. The predicted octanol–water partition coefficient (Wildman–Crippen LogP) is 2.58. The van der Waals surface area contributed by atoms with Crippen molar-refractivity contribution in [3.05, 3.63) is 24.2 Å². The predicted molar refractivity (Wildman–Crippen MR) is 92.3 cm³/mol. The molecule has 7 nitrogen and oxygen atoms in total. The number of hydrogen-bond donors (Lipinski definition) is 1. The van der Waals surface area contributed by atoms with Gasteiger partial charge in [0.05, 0.1) is 18.2 Å². The molecule has 1 fully saturated rings. The lowest BCUT2D eigenvalue weighted by molar-refractivity contribution is -0.169. The maximum absolute atomic E-state index is 12.8. The molecule has 8 heteroatoms. The quantitative estimate of drug-likeness (QED) is 0.417. The monoisotopic (exact) mass is 415 g/mol. The topological polar surface area (TPSA) is 94.8 Å². The zero-order chi connectivity index (χ0) is 18.3. The van der Waals surface area contributed by atoms with Crippen LogP contribution in [0.4, 0.5) is 0 Å². The van der Waals surface area contributed by atoms with Gasteiger partial charge < -0.3 is 19.2 Å². The van der Waals surface area contributed by atoms with Crippen LogP contribution in [0.15, 0.2) is 22.8 Å². The third kappa shape index (κ3) is 4.62. The molecular weight excluding hydrogens is 394 g/mol. The van der Waals surface area contributed by atoms with Crippen LogP contribution in [-0.2, 0) is 19.1 Å². The Hall–Kier alpha value is -1.83. The molecule has 0 aliphatic heterocycles. The van der Waals surface area contributed by atoms with Gasteiger partial charge in [-0.1, -0.05) is 35.2 Å². The zero-order valence-electron chi connectivity index (χ0n) is 14.1. The third-order valence-electron chi connectivity index (χ3n) is 4.09. The minimum absolute atomic E-state index is 0.0450. The number of amides is 1. The number of hydrogen-bond acceptors (Lipinski definition) is 6. The fourth-order valence-corrected chi connectivity index (χ4v) is 3.32. The molecule has 0 saturated heterocycles. The van der Waals surface area contributed by atoms with Crippen molar-refractivity contribution in [1.29, 1.82) is 0 Å². The molecule has 25 heavy (non-hydrogen) atoms. The highest BCUT2D eigenvalue weighted by atomic mass is 79.9. The van der Waals surface area contributed by atoms with E-state index in [0.717, 1.165) is 32.1 Å². The van der Waals surface area contributed by atoms with E-state index >= 15 is 0 Å². The standard InChI is InChI=1S/C17H22BrNO6/c1-2-23-16(22)17(11-18,25-14(20)13-9-6-10-24-13)15(21)19-12-7-4-3-5-8-12/h6,9-10,12H,2-5,7-8,11H2,1H3,(H,19,21). The zero-order valence-corrected chi connectivity index (χ0v) is 15.7. The summed E-state index contributed by atoms with van der Waals surface area (Å²) in [6.07, 6.45) is 6.12. The molecule has 1 unspecified atom stereocenters. The summed E-state index contributed by atoms with van der Waals surface area (Å²) in [5.74, 6) is -2.61. The van der Waals surface area contributed by atoms with Gasteiger partial charge in [-0.2, -0.15) is 0 Å². The fraction of sp³-hybridized carbons (Fsp3) is 0.588. The number of ether oxygens (including phenoxy) is 2. The maximum Gasteiger partial charge on any atom is 0.375 e. The first-order valence-electron chi connectivity index (χ1n) is 8.34. The van der Waals surface area contributed by atoms with Gasteiger partial charge in [-0.3, -0.25) is 4.79 Å². The molecule has 0 spiro atoms. The van der Waals surface area contributed by atoms with Crippen LogP contribution >= 0.6 is 15.9 Å². The summed E-state index contributed by atoms with van der Waals surface area (Å²) in [7, 11) is 0. The summed E-state index contributed by atoms with van der Waals surface area (Å²) in [6.45, 7) is 1.67. The summed E-state index contributed by atoms with van der Waals surface area (Å²) in [4.78, 5) is 37.6. The Bertz CT molecular complexity index is 596. The van der Waals surface area contributed by atoms with Crippen molar-refractivity contribution in [3.8, 4) is 0 Å². The van der Waals surface area contributed by atoms with E-state index in [4.69, 9.17) is 13.9 Å². The maximum atomic E-state index is 12.8. The van der Waals surface area contributed by atoms with Crippen molar-refractivity contribution in [2.24, 2.45) is 0 Å². The normalized spacial score (nSPS) is 17.4. The van der Waals surface area contributed by atoms with E-state index < -0.39 is 23.4 Å². The number of carbonyl (C=O) groups is 3. The highest BCUT2D eigenvalue weighted by molar-refractivity contribution is 9.09. The molecule has 0 radical (unpaired) electrons. The van der Waals surface area contributed by atoms with Crippen LogP contribution < -0.4 is 5.32 Å². The average Bonchev–Trinajstić information content (AvgIpc) is 3.15. The van der Waals surface area contributed by atoms with Crippen molar-refractivity contribution < 1.29 is 28.3 Å². The van der Waals surface area contributed by atoms with Crippen LogP contribution in [0, 0.1) is 0 Å². The average molecular weight is 416 g/mol. The number of alkyl halides is 1. The van der Waals surface area contributed by atoms with Gasteiger partial charge in [0.15, 0.2) is 0 Å². The first-order valence-corrected chi connectivity index (χ1v) is 9.46. The van der Waals surface area contributed by atoms with Crippen LogP contribution in [-0.4, -0.2) is 41.4 Å². The molecule has 1 aliphatic carbocycles. The third-order valence-corrected chi connectivity index (χ3v) is 4.88. The smallest absolute Gasteiger partial charge is 0.375 e. The van der Waals surface area contributed by atoms with Crippen LogP contribution in [0.3, 0.4) is 0 Å². The molecule has 1 aromatic rings. The number of esters is 2. The molecule has 1 N–H and O–H groups in total. The second-order valence-electron chi connectivity index (χ2n) is 5.86. The van der Waals surface area contributed by atoms with E-state index in [2.05, 4.69) is 21.2 Å². The lowest BCUT2D eigenvalue weighted by Crippen LogP contribution is -2.59. The molecule has 0 aromatic carbocycles. The summed E-state index contributed by atoms with van der Waals surface area (Å²) in [5, 5.41) is 2.60. The number of rotatable bonds is 7. The van der Waals surface area contributed by atoms with Gasteiger partial charge in [-0.15, -0.1) is 0 Å². The van der Waals surface area contributed by atoms with Crippen molar-refractivity contribution in [3.63, 3.8) is 0 Å². The molecule has 1 saturated carbocycles. The van der Waals surface area contributed by atoms with E-state index in [1.165, 1.54) is 18.4 Å². The van der Waals surface area contributed by atoms with E-state index in [-0.39, 0.29) is 23.7 Å². The van der Waals surface area contributed by atoms with Crippen LogP contribution in [0.2, 0.25) is 0 Å². The van der Waals surface area contributed by atoms with Gasteiger partial charge in [0.2, 0.25) is 5.76 Å². The second-order valence-corrected chi connectivity index (χ2v) is 6.42. The van der Waals surface area contributed by atoms with E-state index in [1.807, 2.05) is 0 Å². The van der Waals surface area contributed by atoms with Crippen LogP contribution in [0.5, 0.6) is 0 Å². The summed E-state index contributed by atoms with van der Waals surface area (Å²) in [6, 6.07) is 2.86. The minimum atomic E-state index is -2.10. The van der Waals surface area contributed by atoms with Crippen molar-refractivity contribution in [1.82, 2.24) is 5.32 Å². The molecule has 1 heterocycles. The Morgan fingerprint density at radius 1 is 1.32 bits per heavy atom. The first-order chi connectivity index (χ1) is 12.0. The highest BCUT2D eigenvalue weighted by Gasteiger charge is 2.52. The SMILES string of the molecule is CCOC(=O)C(CBr)(OC(=O)c1ccco1)C(=O)NC1CCCCC1. The summed E-state index contributed by atoms with van der Waals surface area (Å²) < 4.78 is 15.3. The van der Waals surface area contributed by atoms with Crippen LogP contribution in [0.25, 0.3) is 0 Å². The van der Waals surface area contributed by atoms with Gasteiger partial charge >= 0.3 is 11.9 Å². The van der Waals surface area contributed by atoms with Crippen LogP contribution in [0.1, 0.15) is 49.6 Å². The summed E-state index contributed by atoms with van der Waals surface area (Å²) >= 11 is 3.13. The van der Waals surface area contributed by atoms with E-state index in [0.29, 0.717) is 0 Å². The Morgan fingerprint density at radius 2 is 2.04 bits per heavy atom. The van der Waals surface area contributed by atoms with E-state index in [9.17, 15) is 14.4 Å². The van der Waals surface area contributed by atoms with Crippen molar-refractivity contribution >= 4 is 33.8 Å². The molecule has 1 aromatic heterocycles.